The number of H-pyrrole nitrogens is 1. The summed E-state index contributed by atoms with van der Waals surface area (Å²) in [5, 5.41) is 9.14. The molecule has 1 aromatic heterocycles. The van der Waals surface area contributed by atoms with Crippen molar-refractivity contribution in [1.29, 1.82) is 0 Å². The molecule has 0 radical (unpaired) electrons. The van der Waals surface area contributed by atoms with E-state index in [1.54, 1.807) is 6.92 Å². The molecule has 0 saturated carbocycles. The van der Waals surface area contributed by atoms with Crippen molar-refractivity contribution >= 4 is 5.91 Å². The summed E-state index contributed by atoms with van der Waals surface area (Å²) in [6, 6.07) is -0.0127. The Bertz CT molecular complexity index is 377. The first kappa shape index (κ1) is 11.2. The monoisotopic (exact) mass is 206 g/mol. The zero-order chi connectivity index (χ0) is 11.3. The summed E-state index contributed by atoms with van der Waals surface area (Å²) < 4.78 is 0. The molecule has 2 N–H and O–H groups in total. The van der Waals surface area contributed by atoms with Crippen LogP contribution in [0.5, 0.6) is 0 Å². The fourth-order valence-corrected chi connectivity index (χ4v) is 1.13. The van der Waals surface area contributed by atoms with Crippen LogP contribution in [-0.4, -0.2) is 27.1 Å². The highest BCUT2D eigenvalue weighted by molar-refractivity contribution is 5.90. The van der Waals surface area contributed by atoms with E-state index in [4.69, 9.17) is 6.42 Å². The van der Waals surface area contributed by atoms with Gasteiger partial charge in [-0.25, -0.2) is 4.98 Å². The van der Waals surface area contributed by atoms with Gasteiger partial charge in [-0.05, 0) is 13.3 Å². The van der Waals surface area contributed by atoms with Gasteiger partial charge in [-0.3, -0.25) is 9.89 Å². The smallest absolute Gasteiger partial charge is 0.291 e. The number of terminal acetylenes is 1. The van der Waals surface area contributed by atoms with E-state index in [9.17, 15) is 4.79 Å². The molecule has 0 fully saturated rings. The first-order chi connectivity index (χ1) is 7.17. The van der Waals surface area contributed by atoms with Crippen molar-refractivity contribution in [3.8, 4) is 12.3 Å². The van der Waals surface area contributed by atoms with Gasteiger partial charge in [0, 0.05) is 12.5 Å². The molecule has 0 aliphatic heterocycles. The van der Waals surface area contributed by atoms with E-state index in [2.05, 4.69) is 26.4 Å². The summed E-state index contributed by atoms with van der Waals surface area (Å²) in [7, 11) is 0. The minimum Gasteiger partial charge on any atom is -0.346 e. The van der Waals surface area contributed by atoms with Gasteiger partial charge in [0.2, 0.25) is 5.82 Å². The third-order valence-electron chi connectivity index (χ3n) is 1.99. The Kier molecular flexibility index (Phi) is 3.86. The summed E-state index contributed by atoms with van der Waals surface area (Å²) in [4.78, 5) is 15.5. The molecular weight excluding hydrogens is 192 g/mol. The lowest BCUT2D eigenvalue weighted by Crippen LogP contribution is -2.34. The molecule has 1 aromatic rings. The third kappa shape index (κ3) is 3.09. The number of hydrogen-bond acceptors (Lipinski definition) is 3. The molecule has 15 heavy (non-hydrogen) atoms. The molecule has 0 aromatic carbocycles. The van der Waals surface area contributed by atoms with Crippen LogP contribution in [0.4, 0.5) is 0 Å². The zero-order valence-corrected chi connectivity index (χ0v) is 8.87. The maximum absolute atomic E-state index is 11.6. The van der Waals surface area contributed by atoms with E-state index in [-0.39, 0.29) is 17.8 Å². The van der Waals surface area contributed by atoms with Crippen LogP contribution in [0.1, 0.15) is 36.2 Å². The lowest BCUT2D eigenvalue weighted by Gasteiger charge is -2.12. The molecule has 1 atom stereocenters. The molecule has 0 bridgehead atoms. The Morgan fingerprint density at radius 1 is 1.73 bits per heavy atom. The molecule has 1 amide bonds. The number of carbonyl (C=O) groups excluding carboxylic acids is 1. The van der Waals surface area contributed by atoms with Gasteiger partial charge in [-0.1, -0.05) is 6.92 Å². The van der Waals surface area contributed by atoms with Crippen molar-refractivity contribution in [2.24, 2.45) is 0 Å². The van der Waals surface area contributed by atoms with Gasteiger partial charge in [0.25, 0.3) is 5.91 Å². The van der Waals surface area contributed by atoms with Crippen LogP contribution in [0.2, 0.25) is 0 Å². The number of aromatic amines is 1. The molecule has 5 nitrogen and oxygen atoms in total. The molecule has 0 aliphatic rings. The van der Waals surface area contributed by atoms with Gasteiger partial charge in [0.1, 0.15) is 5.82 Å². The average Bonchev–Trinajstić information content (AvgIpc) is 2.64. The van der Waals surface area contributed by atoms with Crippen molar-refractivity contribution in [3.63, 3.8) is 0 Å². The van der Waals surface area contributed by atoms with Gasteiger partial charge in [0.05, 0.1) is 0 Å². The van der Waals surface area contributed by atoms with Gasteiger partial charge in [0.15, 0.2) is 0 Å². The van der Waals surface area contributed by atoms with Crippen LogP contribution in [0.15, 0.2) is 0 Å². The first-order valence-electron chi connectivity index (χ1n) is 4.80. The highest BCUT2D eigenvalue weighted by Gasteiger charge is 2.14. The fourth-order valence-electron chi connectivity index (χ4n) is 1.13. The van der Waals surface area contributed by atoms with Crippen molar-refractivity contribution in [2.75, 3.05) is 0 Å². The normalized spacial score (nSPS) is 11.8. The van der Waals surface area contributed by atoms with Gasteiger partial charge in [-0.15, -0.1) is 17.4 Å². The Balaban J connectivity index is 2.59. The molecule has 0 saturated heterocycles. The van der Waals surface area contributed by atoms with Crippen LogP contribution in [0.3, 0.4) is 0 Å². The molecule has 80 valence electrons. The summed E-state index contributed by atoms with van der Waals surface area (Å²) >= 11 is 0. The Morgan fingerprint density at radius 3 is 2.93 bits per heavy atom. The van der Waals surface area contributed by atoms with Crippen molar-refractivity contribution < 1.29 is 4.79 Å². The molecule has 1 rings (SSSR count). The standard InChI is InChI=1S/C10H14N4O/c1-4-6-8(5-2)12-10(15)9-11-7(3)13-14-9/h1,8H,5-6H2,2-3H3,(H,12,15)(H,11,13,14). The van der Waals surface area contributed by atoms with E-state index < -0.39 is 0 Å². The van der Waals surface area contributed by atoms with Crippen molar-refractivity contribution in [1.82, 2.24) is 20.5 Å². The summed E-state index contributed by atoms with van der Waals surface area (Å²) in [6.07, 6.45) is 6.50. The molecule has 5 heteroatoms. The second kappa shape index (κ2) is 5.15. The third-order valence-corrected chi connectivity index (χ3v) is 1.99. The van der Waals surface area contributed by atoms with Gasteiger partial charge < -0.3 is 5.32 Å². The number of carbonyl (C=O) groups is 1. The molecule has 0 spiro atoms. The minimum atomic E-state index is -0.290. The van der Waals surface area contributed by atoms with E-state index in [0.717, 1.165) is 6.42 Å². The SMILES string of the molecule is C#CCC(CC)NC(=O)c1n[nH]c(C)n1. The fraction of sp³-hybridized carbons (Fsp3) is 0.500. The molecule has 1 unspecified atom stereocenters. The van der Waals surface area contributed by atoms with E-state index in [1.807, 2.05) is 6.92 Å². The quantitative estimate of drug-likeness (QED) is 0.710. The largest absolute Gasteiger partial charge is 0.346 e. The van der Waals surface area contributed by atoms with Crippen molar-refractivity contribution in [3.05, 3.63) is 11.6 Å². The van der Waals surface area contributed by atoms with Gasteiger partial charge in [-0.2, -0.15) is 0 Å². The van der Waals surface area contributed by atoms with Crippen LogP contribution < -0.4 is 5.32 Å². The van der Waals surface area contributed by atoms with Crippen LogP contribution in [-0.2, 0) is 0 Å². The number of nitrogens with zero attached hydrogens (tertiary/aromatic N) is 2. The number of aryl methyl sites for hydroxylation is 1. The Morgan fingerprint density at radius 2 is 2.47 bits per heavy atom. The van der Waals surface area contributed by atoms with Crippen LogP contribution >= 0.6 is 0 Å². The Hall–Kier alpha value is -1.83. The van der Waals surface area contributed by atoms with Crippen LogP contribution in [0, 0.1) is 19.3 Å². The first-order valence-corrected chi connectivity index (χ1v) is 4.80. The average molecular weight is 206 g/mol. The van der Waals surface area contributed by atoms with E-state index in [0.29, 0.717) is 12.2 Å². The van der Waals surface area contributed by atoms with Crippen molar-refractivity contribution in [2.45, 2.75) is 32.7 Å². The lowest BCUT2D eigenvalue weighted by atomic mass is 10.1. The highest BCUT2D eigenvalue weighted by Crippen LogP contribution is 1.98. The lowest BCUT2D eigenvalue weighted by molar-refractivity contribution is 0.0926. The molecular formula is C10H14N4O. The second-order valence-corrected chi connectivity index (χ2v) is 3.23. The van der Waals surface area contributed by atoms with E-state index >= 15 is 0 Å². The summed E-state index contributed by atoms with van der Waals surface area (Å²) in [6.45, 7) is 3.70. The predicted molar refractivity (Wildman–Crippen MR) is 56.1 cm³/mol. The molecule has 0 aliphatic carbocycles. The number of nitrogens with one attached hydrogen (secondary N) is 2. The topological polar surface area (TPSA) is 70.7 Å². The van der Waals surface area contributed by atoms with Gasteiger partial charge >= 0.3 is 0 Å². The zero-order valence-electron chi connectivity index (χ0n) is 8.87. The minimum absolute atomic E-state index is 0.0127. The number of aromatic nitrogens is 3. The van der Waals surface area contributed by atoms with E-state index in [1.165, 1.54) is 0 Å². The number of rotatable bonds is 4. The summed E-state index contributed by atoms with van der Waals surface area (Å²) in [5.74, 6) is 3.00. The Labute approximate surface area is 88.7 Å². The molecule has 1 heterocycles. The second-order valence-electron chi connectivity index (χ2n) is 3.23. The maximum Gasteiger partial charge on any atom is 0.291 e. The summed E-state index contributed by atoms with van der Waals surface area (Å²) in [5.41, 5.74) is 0. The van der Waals surface area contributed by atoms with Crippen LogP contribution in [0.25, 0.3) is 0 Å². The number of hydrogen-bond donors (Lipinski definition) is 2. The number of amides is 1. The highest BCUT2D eigenvalue weighted by atomic mass is 16.2. The predicted octanol–water partition coefficient (Wildman–Crippen LogP) is 0.645. The maximum atomic E-state index is 11.6.